The molecule has 4 N–H and O–H groups in total. The molecule has 3 aromatic heterocycles. The maximum absolute atomic E-state index is 10.8. The summed E-state index contributed by atoms with van der Waals surface area (Å²) in [6.45, 7) is 6.42. The number of fused-ring (bicyclic) bond motifs is 3. The van der Waals surface area contributed by atoms with Gasteiger partial charge >= 0.3 is 0 Å². The van der Waals surface area contributed by atoms with Crippen molar-refractivity contribution in [2.75, 3.05) is 10.6 Å². The summed E-state index contributed by atoms with van der Waals surface area (Å²) in [6, 6.07) is 8.27. The molecule has 0 spiro atoms. The number of aryl methyl sites for hydroxylation is 1. The Hall–Kier alpha value is -2.67. The average molecular weight is 421 g/mol. The van der Waals surface area contributed by atoms with Gasteiger partial charge in [0, 0.05) is 35.5 Å². The zero-order valence-corrected chi connectivity index (χ0v) is 18.5. The molecule has 7 heteroatoms. The Bertz CT molecular complexity index is 1070. The summed E-state index contributed by atoms with van der Waals surface area (Å²) in [5.41, 5.74) is 1.41. The molecule has 0 radical (unpaired) electrons. The molecule has 0 aliphatic heterocycles. The van der Waals surface area contributed by atoms with Crippen LogP contribution in [0.25, 0.3) is 10.9 Å². The third-order valence-corrected chi connectivity index (χ3v) is 7.06. The number of anilines is 3. The van der Waals surface area contributed by atoms with E-state index < -0.39 is 5.60 Å². The highest BCUT2D eigenvalue weighted by atomic mass is 16.3. The van der Waals surface area contributed by atoms with E-state index in [1.54, 1.807) is 0 Å². The number of aromatic nitrogens is 4. The highest BCUT2D eigenvalue weighted by Crippen LogP contribution is 2.47. The summed E-state index contributed by atoms with van der Waals surface area (Å²) in [4.78, 5) is 9.50. The van der Waals surface area contributed by atoms with Crippen LogP contribution in [-0.2, 0) is 6.42 Å². The van der Waals surface area contributed by atoms with Gasteiger partial charge in [0.1, 0.15) is 11.6 Å². The van der Waals surface area contributed by atoms with Gasteiger partial charge in [0.05, 0.1) is 11.1 Å². The molecule has 5 atom stereocenters. The van der Waals surface area contributed by atoms with Crippen molar-refractivity contribution in [2.24, 2.45) is 17.8 Å². The van der Waals surface area contributed by atoms with Gasteiger partial charge in [-0.3, -0.25) is 10.1 Å². The van der Waals surface area contributed by atoms with Crippen molar-refractivity contribution in [1.29, 1.82) is 0 Å². The van der Waals surface area contributed by atoms with Crippen LogP contribution in [0.1, 0.15) is 52.1 Å². The molecule has 5 rings (SSSR count). The maximum atomic E-state index is 10.8. The highest BCUT2D eigenvalue weighted by Gasteiger charge is 2.45. The van der Waals surface area contributed by atoms with Crippen LogP contribution in [0, 0.1) is 17.8 Å². The van der Waals surface area contributed by atoms with E-state index in [1.807, 2.05) is 31.3 Å². The molecule has 2 fully saturated rings. The smallest absolute Gasteiger partial charge is 0.153 e. The van der Waals surface area contributed by atoms with Gasteiger partial charge in [0.25, 0.3) is 0 Å². The number of aromatic amines is 1. The van der Waals surface area contributed by atoms with Crippen LogP contribution in [0.4, 0.5) is 17.5 Å². The minimum absolute atomic E-state index is 0.284. The second-order valence-corrected chi connectivity index (χ2v) is 9.83. The Morgan fingerprint density at radius 3 is 2.90 bits per heavy atom. The van der Waals surface area contributed by atoms with Crippen molar-refractivity contribution in [2.45, 2.75) is 64.5 Å². The minimum atomic E-state index is -0.564. The SMILES string of the molecule is CCc1cc(Nc2cc3ncccc3c(NC3C(C)CC4CC3CC(C)(O)C4)n2)n[nH]1. The number of nitrogens with zero attached hydrogens (tertiary/aromatic N) is 3. The van der Waals surface area contributed by atoms with Crippen LogP contribution < -0.4 is 10.6 Å². The van der Waals surface area contributed by atoms with Gasteiger partial charge in [0.2, 0.25) is 0 Å². The first-order valence-corrected chi connectivity index (χ1v) is 11.5. The molecule has 164 valence electrons. The molecule has 0 amide bonds. The van der Waals surface area contributed by atoms with Crippen molar-refractivity contribution in [3.63, 3.8) is 0 Å². The molecule has 3 aromatic rings. The Labute approximate surface area is 183 Å². The van der Waals surface area contributed by atoms with E-state index in [0.717, 1.165) is 59.7 Å². The molecule has 3 heterocycles. The number of nitrogens with one attached hydrogen (secondary N) is 3. The van der Waals surface area contributed by atoms with Crippen molar-refractivity contribution in [3.8, 4) is 0 Å². The number of hydrogen-bond donors (Lipinski definition) is 4. The molecule has 5 unspecified atom stereocenters. The lowest BCUT2D eigenvalue weighted by atomic mass is 9.61. The Morgan fingerprint density at radius 1 is 1.23 bits per heavy atom. The molecular formula is C24H32N6O. The summed E-state index contributed by atoms with van der Waals surface area (Å²) in [6.07, 6.45) is 6.80. The summed E-state index contributed by atoms with van der Waals surface area (Å²) in [5, 5.41) is 26.3. The lowest BCUT2D eigenvalue weighted by Gasteiger charge is -2.49. The lowest BCUT2D eigenvalue weighted by molar-refractivity contribution is -0.0501. The second-order valence-electron chi connectivity index (χ2n) is 9.83. The standard InChI is InChI=1S/C24H32N6O/c1-4-17-10-21(30-29-17)26-20-11-19-18(6-5-7-25-19)23(27-20)28-22-14(2)8-15-9-16(22)13-24(3,31)12-15/h5-7,10-11,14-16,22,31H,4,8-9,12-13H2,1-3H3,(H3,26,27,28,29,30). The fourth-order valence-electron chi connectivity index (χ4n) is 5.86. The van der Waals surface area contributed by atoms with Crippen molar-refractivity contribution in [3.05, 3.63) is 36.2 Å². The fourth-order valence-corrected chi connectivity index (χ4v) is 5.86. The monoisotopic (exact) mass is 420 g/mol. The van der Waals surface area contributed by atoms with Gasteiger partial charge in [-0.15, -0.1) is 0 Å². The largest absolute Gasteiger partial charge is 0.390 e. The quantitative estimate of drug-likeness (QED) is 0.480. The molecular weight excluding hydrogens is 388 g/mol. The highest BCUT2D eigenvalue weighted by molar-refractivity contribution is 5.91. The molecule has 31 heavy (non-hydrogen) atoms. The first-order valence-electron chi connectivity index (χ1n) is 11.5. The summed E-state index contributed by atoms with van der Waals surface area (Å²) in [7, 11) is 0. The predicted octanol–water partition coefficient (Wildman–Crippen LogP) is 4.65. The van der Waals surface area contributed by atoms with Gasteiger partial charge in [-0.25, -0.2) is 4.98 Å². The van der Waals surface area contributed by atoms with Gasteiger partial charge in [-0.05, 0) is 68.9 Å². The van der Waals surface area contributed by atoms with Crippen LogP contribution >= 0.6 is 0 Å². The number of rotatable bonds is 5. The van der Waals surface area contributed by atoms with E-state index in [-0.39, 0.29) is 6.04 Å². The first-order chi connectivity index (χ1) is 14.9. The van der Waals surface area contributed by atoms with E-state index in [4.69, 9.17) is 4.98 Å². The number of pyridine rings is 2. The van der Waals surface area contributed by atoms with Crippen LogP contribution in [0.2, 0.25) is 0 Å². The third-order valence-electron chi connectivity index (χ3n) is 7.06. The zero-order chi connectivity index (χ0) is 21.6. The van der Waals surface area contributed by atoms with E-state index >= 15 is 0 Å². The van der Waals surface area contributed by atoms with E-state index in [1.165, 1.54) is 6.42 Å². The Balaban J connectivity index is 1.47. The molecule has 0 aromatic carbocycles. The van der Waals surface area contributed by atoms with Crippen LogP contribution in [0.5, 0.6) is 0 Å². The predicted molar refractivity (Wildman–Crippen MR) is 123 cm³/mol. The first kappa shape index (κ1) is 20.2. The zero-order valence-electron chi connectivity index (χ0n) is 18.5. The van der Waals surface area contributed by atoms with Gasteiger partial charge < -0.3 is 15.7 Å². The molecule has 2 bridgehead atoms. The van der Waals surface area contributed by atoms with E-state index in [2.05, 4.69) is 45.7 Å². The molecule has 2 aliphatic rings. The molecule has 7 nitrogen and oxygen atoms in total. The van der Waals surface area contributed by atoms with Gasteiger partial charge in [-0.1, -0.05) is 13.8 Å². The van der Waals surface area contributed by atoms with Gasteiger partial charge in [0.15, 0.2) is 5.82 Å². The Kier molecular flexibility index (Phi) is 5.08. The molecule has 2 saturated carbocycles. The third kappa shape index (κ3) is 4.11. The van der Waals surface area contributed by atoms with Crippen LogP contribution in [0.3, 0.4) is 0 Å². The lowest BCUT2D eigenvalue weighted by Crippen LogP contribution is -2.50. The molecule has 2 aliphatic carbocycles. The van der Waals surface area contributed by atoms with Crippen molar-refractivity contribution < 1.29 is 5.11 Å². The summed E-state index contributed by atoms with van der Waals surface area (Å²) in [5.74, 6) is 3.92. The van der Waals surface area contributed by atoms with E-state index in [9.17, 15) is 5.11 Å². The number of H-pyrrole nitrogens is 1. The summed E-state index contributed by atoms with van der Waals surface area (Å²) < 4.78 is 0. The minimum Gasteiger partial charge on any atom is -0.390 e. The van der Waals surface area contributed by atoms with E-state index in [0.29, 0.717) is 17.8 Å². The van der Waals surface area contributed by atoms with Crippen LogP contribution in [-0.4, -0.2) is 36.9 Å². The van der Waals surface area contributed by atoms with Crippen LogP contribution in [0.15, 0.2) is 30.5 Å². The van der Waals surface area contributed by atoms with Crippen molar-refractivity contribution >= 4 is 28.4 Å². The fraction of sp³-hybridized carbons (Fsp3) is 0.542. The number of hydrogen-bond acceptors (Lipinski definition) is 6. The number of aliphatic hydroxyl groups is 1. The Morgan fingerprint density at radius 2 is 2.10 bits per heavy atom. The van der Waals surface area contributed by atoms with Crippen molar-refractivity contribution in [1.82, 2.24) is 20.2 Å². The van der Waals surface area contributed by atoms with Gasteiger partial charge in [-0.2, -0.15) is 5.10 Å². The molecule has 0 saturated heterocycles. The maximum Gasteiger partial charge on any atom is 0.153 e. The summed E-state index contributed by atoms with van der Waals surface area (Å²) >= 11 is 0. The average Bonchev–Trinajstić information content (AvgIpc) is 3.17. The second kappa shape index (κ2) is 7.79. The topological polar surface area (TPSA) is 98.8 Å². The normalized spacial score (nSPS) is 30.3.